The number of amides is 3. The van der Waals surface area contributed by atoms with Crippen LogP contribution in [0.2, 0.25) is 5.02 Å². The lowest BCUT2D eigenvalue weighted by molar-refractivity contribution is -0.133. The van der Waals surface area contributed by atoms with Gasteiger partial charge in [0.05, 0.1) is 6.67 Å². The number of hydrogen-bond donors (Lipinski definition) is 1. The number of halogens is 1. The molecule has 0 bridgehead atoms. The van der Waals surface area contributed by atoms with E-state index in [0.29, 0.717) is 18.3 Å². The largest absolute Gasteiger partial charge is 0.492 e. The molecule has 1 aromatic carbocycles. The highest BCUT2D eigenvalue weighted by Gasteiger charge is 2.50. The fraction of sp³-hybridized carbons (Fsp3) is 0.652. The van der Waals surface area contributed by atoms with Crippen LogP contribution in [-0.2, 0) is 4.79 Å². The van der Waals surface area contributed by atoms with Gasteiger partial charge in [0.25, 0.3) is 5.91 Å². The van der Waals surface area contributed by atoms with Crippen molar-refractivity contribution in [1.29, 1.82) is 0 Å². The van der Waals surface area contributed by atoms with E-state index in [4.69, 9.17) is 16.3 Å². The molecule has 3 amide bonds. The summed E-state index contributed by atoms with van der Waals surface area (Å²) in [5.74, 6) is 0.808. The normalized spacial score (nSPS) is 22.9. The van der Waals surface area contributed by atoms with Crippen LogP contribution in [0, 0.1) is 0 Å². The molecule has 1 aromatic rings. The second-order valence-electron chi connectivity index (χ2n) is 8.92. The van der Waals surface area contributed by atoms with Crippen molar-refractivity contribution < 1.29 is 14.3 Å². The average molecular weight is 449 g/mol. The zero-order valence-corrected chi connectivity index (χ0v) is 18.9. The average Bonchev–Trinajstić information content (AvgIpc) is 2.98. The van der Waals surface area contributed by atoms with Crippen molar-refractivity contribution in [3.05, 3.63) is 29.3 Å². The van der Waals surface area contributed by atoms with Gasteiger partial charge in [-0.2, -0.15) is 0 Å². The Balaban J connectivity index is 1.21. The molecule has 3 aliphatic rings. The summed E-state index contributed by atoms with van der Waals surface area (Å²) >= 11 is 5.90. The number of ether oxygens (including phenoxy) is 1. The Morgan fingerprint density at radius 2 is 1.52 bits per heavy atom. The number of rotatable bonds is 6. The third kappa shape index (κ3) is 5.51. The highest BCUT2D eigenvalue weighted by Crippen LogP contribution is 2.32. The maximum atomic E-state index is 13.2. The summed E-state index contributed by atoms with van der Waals surface area (Å²) in [4.78, 5) is 31.8. The molecule has 31 heavy (non-hydrogen) atoms. The Hall–Kier alpha value is -1.83. The molecule has 0 radical (unpaired) electrons. The van der Waals surface area contributed by atoms with Crippen LogP contribution in [0.1, 0.15) is 44.9 Å². The van der Waals surface area contributed by atoms with Gasteiger partial charge in [-0.1, -0.05) is 43.7 Å². The van der Waals surface area contributed by atoms with E-state index in [1.807, 2.05) is 24.3 Å². The van der Waals surface area contributed by atoms with Crippen LogP contribution < -0.4 is 10.1 Å². The molecule has 0 unspecified atom stereocenters. The highest BCUT2D eigenvalue weighted by atomic mass is 35.5. The van der Waals surface area contributed by atoms with Gasteiger partial charge < -0.3 is 10.1 Å². The van der Waals surface area contributed by atoms with Gasteiger partial charge in [0, 0.05) is 37.7 Å². The molecule has 0 atom stereocenters. The van der Waals surface area contributed by atoms with Crippen LogP contribution in [0.4, 0.5) is 4.79 Å². The minimum atomic E-state index is -0.654. The third-order valence-corrected chi connectivity index (χ3v) is 7.00. The van der Waals surface area contributed by atoms with Gasteiger partial charge >= 0.3 is 6.03 Å². The van der Waals surface area contributed by atoms with E-state index in [-0.39, 0.29) is 11.9 Å². The van der Waals surface area contributed by atoms with Crippen LogP contribution in [0.5, 0.6) is 5.75 Å². The quantitative estimate of drug-likeness (QED) is 0.676. The van der Waals surface area contributed by atoms with Gasteiger partial charge in [-0.3, -0.25) is 14.6 Å². The van der Waals surface area contributed by atoms with Gasteiger partial charge in [-0.25, -0.2) is 9.69 Å². The van der Waals surface area contributed by atoms with Gasteiger partial charge in [0.1, 0.15) is 17.9 Å². The van der Waals surface area contributed by atoms with E-state index in [0.717, 1.165) is 77.0 Å². The molecule has 1 aliphatic carbocycles. The lowest BCUT2D eigenvalue weighted by Crippen LogP contribution is -2.52. The zero-order chi connectivity index (χ0) is 21.7. The lowest BCUT2D eigenvalue weighted by Gasteiger charge is -2.36. The van der Waals surface area contributed by atoms with Crippen molar-refractivity contribution in [2.45, 2.75) is 50.5 Å². The first-order chi connectivity index (χ1) is 15.1. The zero-order valence-electron chi connectivity index (χ0n) is 18.2. The van der Waals surface area contributed by atoms with Crippen LogP contribution in [0.3, 0.4) is 0 Å². The van der Waals surface area contributed by atoms with Gasteiger partial charge in [-0.05, 0) is 37.1 Å². The van der Waals surface area contributed by atoms with Crippen molar-refractivity contribution in [2.75, 3.05) is 46.0 Å². The minimum Gasteiger partial charge on any atom is -0.492 e. The molecule has 2 saturated heterocycles. The minimum absolute atomic E-state index is 0.0156. The van der Waals surface area contributed by atoms with E-state index in [9.17, 15) is 9.59 Å². The van der Waals surface area contributed by atoms with Gasteiger partial charge in [0.15, 0.2) is 0 Å². The fourth-order valence-corrected chi connectivity index (χ4v) is 4.96. The maximum Gasteiger partial charge on any atom is 0.326 e. The number of hydrogen-bond acceptors (Lipinski definition) is 5. The maximum absolute atomic E-state index is 13.2. The lowest BCUT2D eigenvalue weighted by atomic mass is 9.84. The molecule has 2 aliphatic heterocycles. The first-order valence-corrected chi connectivity index (χ1v) is 11.9. The number of nitrogens with zero attached hydrogens (tertiary/aromatic N) is 3. The number of urea groups is 1. The summed E-state index contributed by atoms with van der Waals surface area (Å²) in [6, 6.07) is 7.19. The molecule has 4 rings (SSSR count). The predicted octanol–water partition coefficient (Wildman–Crippen LogP) is 3.33. The number of benzene rings is 1. The molecule has 1 saturated carbocycles. The molecule has 1 spiro atoms. The van der Waals surface area contributed by atoms with E-state index >= 15 is 0 Å². The molecule has 7 nitrogen and oxygen atoms in total. The Morgan fingerprint density at radius 3 is 2.19 bits per heavy atom. The number of piperazine rings is 1. The van der Waals surface area contributed by atoms with Crippen molar-refractivity contribution in [2.24, 2.45) is 0 Å². The highest BCUT2D eigenvalue weighted by molar-refractivity contribution is 6.30. The second-order valence-corrected chi connectivity index (χ2v) is 9.35. The smallest absolute Gasteiger partial charge is 0.326 e. The number of nitrogens with one attached hydrogen (secondary N) is 1. The van der Waals surface area contributed by atoms with Crippen molar-refractivity contribution in [3.63, 3.8) is 0 Å². The summed E-state index contributed by atoms with van der Waals surface area (Å²) in [6.45, 7) is 5.34. The Labute approximate surface area is 189 Å². The topological polar surface area (TPSA) is 65.1 Å². The Bertz CT molecular complexity index is 757. The van der Waals surface area contributed by atoms with E-state index in [2.05, 4.69) is 15.1 Å². The van der Waals surface area contributed by atoms with Crippen LogP contribution >= 0.6 is 11.6 Å². The van der Waals surface area contributed by atoms with Crippen LogP contribution in [-0.4, -0.2) is 78.2 Å². The molecular weight excluding hydrogens is 416 g/mol. The van der Waals surface area contributed by atoms with Crippen molar-refractivity contribution in [3.8, 4) is 5.75 Å². The molecule has 0 aromatic heterocycles. The standard InChI is InChI=1S/C23H33ClN4O3/c24-19-6-8-20(9-7-19)31-17-16-26-12-14-27(15-13-26)18-28-21(29)23(25-22(28)30)10-4-2-1-3-5-11-23/h6-9H,1-5,10-18H2,(H,25,30). The first-order valence-electron chi connectivity index (χ1n) is 11.5. The van der Waals surface area contributed by atoms with Gasteiger partial charge in [-0.15, -0.1) is 0 Å². The molecule has 8 heteroatoms. The monoisotopic (exact) mass is 448 g/mol. The molecule has 1 N–H and O–H groups in total. The number of imide groups is 1. The van der Waals surface area contributed by atoms with E-state index in [1.165, 1.54) is 11.3 Å². The molecule has 2 heterocycles. The van der Waals surface area contributed by atoms with E-state index < -0.39 is 5.54 Å². The number of carbonyl (C=O) groups excluding carboxylic acids is 2. The predicted molar refractivity (Wildman–Crippen MR) is 120 cm³/mol. The van der Waals surface area contributed by atoms with Crippen LogP contribution in [0.15, 0.2) is 24.3 Å². The summed E-state index contributed by atoms with van der Waals surface area (Å²) in [7, 11) is 0. The summed E-state index contributed by atoms with van der Waals surface area (Å²) < 4.78 is 5.79. The van der Waals surface area contributed by atoms with Crippen molar-refractivity contribution >= 4 is 23.5 Å². The second kappa shape index (κ2) is 10.2. The van der Waals surface area contributed by atoms with Crippen LogP contribution in [0.25, 0.3) is 0 Å². The molecule has 170 valence electrons. The third-order valence-electron chi connectivity index (χ3n) is 6.75. The summed E-state index contributed by atoms with van der Waals surface area (Å²) in [6.07, 6.45) is 7.10. The summed E-state index contributed by atoms with van der Waals surface area (Å²) in [5.41, 5.74) is -0.654. The SMILES string of the molecule is O=C1NC2(CCCCCCC2)C(=O)N1CN1CCN(CCOc2ccc(Cl)cc2)CC1. The molecular formula is C23H33ClN4O3. The van der Waals surface area contributed by atoms with E-state index in [1.54, 1.807) is 0 Å². The summed E-state index contributed by atoms with van der Waals surface area (Å²) in [5, 5.41) is 3.76. The van der Waals surface area contributed by atoms with Crippen molar-refractivity contribution in [1.82, 2.24) is 20.0 Å². The fourth-order valence-electron chi connectivity index (χ4n) is 4.83. The molecule has 3 fully saturated rings. The Morgan fingerprint density at radius 1 is 0.903 bits per heavy atom. The first kappa shape index (κ1) is 22.4. The Kier molecular flexibility index (Phi) is 7.35. The number of carbonyl (C=O) groups is 2. The van der Waals surface area contributed by atoms with Gasteiger partial charge in [0.2, 0.25) is 0 Å².